The Morgan fingerprint density at radius 2 is 1.96 bits per heavy atom. The minimum absolute atomic E-state index is 0.0269. The summed E-state index contributed by atoms with van der Waals surface area (Å²) in [6.07, 6.45) is 3.43. The molecule has 0 radical (unpaired) electrons. The van der Waals surface area contributed by atoms with Gasteiger partial charge < -0.3 is 15.0 Å². The Bertz CT molecular complexity index is 944. The van der Waals surface area contributed by atoms with Gasteiger partial charge in [-0.15, -0.1) is 10.2 Å². The first-order chi connectivity index (χ1) is 13.1. The molecule has 0 bridgehead atoms. The number of nitrogens with one attached hydrogen (secondary N) is 1. The average molecular weight is 366 g/mol. The van der Waals surface area contributed by atoms with Gasteiger partial charge in [0.1, 0.15) is 12.1 Å². The maximum atomic E-state index is 11.3. The van der Waals surface area contributed by atoms with Crippen LogP contribution in [0.15, 0.2) is 36.7 Å². The quantitative estimate of drug-likeness (QED) is 0.759. The summed E-state index contributed by atoms with van der Waals surface area (Å²) >= 11 is 0. The number of fused-ring (bicyclic) bond motifs is 1. The lowest BCUT2D eigenvalue weighted by molar-refractivity contribution is -0.119. The largest absolute Gasteiger partial charge is 0.497 e. The summed E-state index contributed by atoms with van der Waals surface area (Å²) < 4.78 is 6.95. The number of anilines is 1. The molecule has 27 heavy (non-hydrogen) atoms. The molecule has 140 valence electrons. The molecule has 1 aromatic carbocycles. The Hall–Kier alpha value is -3.16. The number of benzene rings is 1. The molecular formula is C19H22N6O2. The molecule has 1 N–H and O–H groups in total. The van der Waals surface area contributed by atoms with Gasteiger partial charge in [0.25, 0.3) is 0 Å². The van der Waals surface area contributed by atoms with Gasteiger partial charge in [-0.1, -0.05) is 0 Å². The first-order valence-electron chi connectivity index (χ1n) is 9.01. The number of ether oxygens (including phenoxy) is 1. The third kappa shape index (κ3) is 3.55. The molecule has 1 saturated heterocycles. The van der Waals surface area contributed by atoms with E-state index < -0.39 is 0 Å². The number of aromatic nitrogens is 4. The van der Waals surface area contributed by atoms with Crippen molar-refractivity contribution in [2.24, 2.45) is 0 Å². The summed E-state index contributed by atoms with van der Waals surface area (Å²) in [5.41, 5.74) is 3.60. The second-order valence-electron chi connectivity index (χ2n) is 6.70. The molecule has 3 heterocycles. The molecule has 0 atom stereocenters. The van der Waals surface area contributed by atoms with Crippen molar-refractivity contribution in [2.45, 2.75) is 25.8 Å². The van der Waals surface area contributed by atoms with E-state index in [0.717, 1.165) is 54.3 Å². The van der Waals surface area contributed by atoms with E-state index in [4.69, 9.17) is 4.74 Å². The molecule has 0 unspecified atom stereocenters. The van der Waals surface area contributed by atoms with Crippen LogP contribution in [0.4, 0.5) is 5.69 Å². The van der Waals surface area contributed by atoms with E-state index in [0.29, 0.717) is 0 Å². The molecule has 2 aromatic heterocycles. The molecular weight excluding hydrogens is 344 g/mol. The summed E-state index contributed by atoms with van der Waals surface area (Å²) in [4.78, 5) is 13.6. The fourth-order valence-electron chi connectivity index (χ4n) is 3.50. The smallest absolute Gasteiger partial charge is 0.217 e. The highest BCUT2D eigenvalue weighted by atomic mass is 16.5. The zero-order valence-corrected chi connectivity index (χ0v) is 15.4. The van der Waals surface area contributed by atoms with Crippen molar-refractivity contribution in [3.63, 3.8) is 0 Å². The van der Waals surface area contributed by atoms with Gasteiger partial charge in [-0.2, -0.15) is 9.61 Å². The van der Waals surface area contributed by atoms with E-state index in [9.17, 15) is 4.79 Å². The number of piperidine rings is 1. The third-order valence-corrected chi connectivity index (χ3v) is 4.88. The Morgan fingerprint density at radius 3 is 2.63 bits per heavy atom. The van der Waals surface area contributed by atoms with E-state index in [1.54, 1.807) is 24.9 Å². The zero-order valence-electron chi connectivity index (χ0n) is 15.4. The van der Waals surface area contributed by atoms with Crippen molar-refractivity contribution >= 4 is 17.2 Å². The van der Waals surface area contributed by atoms with E-state index in [1.165, 1.54) is 0 Å². The Labute approximate surface area is 157 Å². The molecule has 0 aliphatic carbocycles. The molecule has 8 heteroatoms. The molecule has 1 aliphatic rings. The highest BCUT2D eigenvalue weighted by Crippen LogP contribution is 2.29. The van der Waals surface area contributed by atoms with Gasteiger partial charge in [0.2, 0.25) is 11.6 Å². The van der Waals surface area contributed by atoms with Gasteiger partial charge in [-0.05, 0) is 43.2 Å². The molecule has 1 fully saturated rings. The van der Waals surface area contributed by atoms with Crippen LogP contribution in [0, 0.1) is 0 Å². The van der Waals surface area contributed by atoms with Crippen LogP contribution in [0.2, 0.25) is 0 Å². The molecule has 8 nitrogen and oxygen atoms in total. The Kier molecular flexibility index (Phi) is 4.62. The number of carbonyl (C=O) groups excluding carboxylic acids is 1. The van der Waals surface area contributed by atoms with Crippen LogP contribution in [-0.4, -0.2) is 52.0 Å². The van der Waals surface area contributed by atoms with Crippen LogP contribution < -0.4 is 15.0 Å². The van der Waals surface area contributed by atoms with Crippen LogP contribution in [0.1, 0.15) is 19.8 Å². The van der Waals surface area contributed by atoms with Crippen molar-refractivity contribution in [1.29, 1.82) is 0 Å². The van der Waals surface area contributed by atoms with E-state index in [-0.39, 0.29) is 11.9 Å². The zero-order chi connectivity index (χ0) is 18.8. The molecule has 0 saturated carbocycles. The van der Waals surface area contributed by atoms with Gasteiger partial charge in [-0.25, -0.2) is 0 Å². The highest BCUT2D eigenvalue weighted by Gasteiger charge is 2.23. The van der Waals surface area contributed by atoms with Gasteiger partial charge in [-0.3, -0.25) is 4.79 Å². The predicted molar refractivity (Wildman–Crippen MR) is 102 cm³/mol. The second-order valence-corrected chi connectivity index (χ2v) is 6.70. The number of methoxy groups -OCH3 is 1. The van der Waals surface area contributed by atoms with Crippen LogP contribution >= 0.6 is 0 Å². The van der Waals surface area contributed by atoms with E-state index in [2.05, 4.69) is 31.6 Å². The Morgan fingerprint density at radius 1 is 1.22 bits per heavy atom. The molecule has 1 aliphatic heterocycles. The summed E-state index contributed by atoms with van der Waals surface area (Å²) in [6.45, 7) is 3.26. The average Bonchev–Trinajstić information content (AvgIpc) is 3.16. The lowest BCUT2D eigenvalue weighted by Gasteiger charge is -2.33. The fraction of sp³-hybridized carbons (Fsp3) is 0.368. The van der Waals surface area contributed by atoms with Crippen molar-refractivity contribution in [2.75, 3.05) is 25.1 Å². The van der Waals surface area contributed by atoms with Crippen LogP contribution in [0.3, 0.4) is 0 Å². The second kappa shape index (κ2) is 7.22. The van der Waals surface area contributed by atoms with Gasteiger partial charge >= 0.3 is 0 Å². The fourth-order valence-corrected chi connectivity index (χ4v) is 3.50. The molecule has 3 aromatic rings. The summed E-state index contributed by atoms with van der Waals surface area (Å²) in [7, 11) is 1.65. The SMILES string of the molecule is COc1ccc(-c2cc(N3CCC(NC(C)=O)CC3)c3nncn3n2)cc1. The predicted octanol–water partition coefficient (Wildman–Crippen LogP) is 1.90. The topological polar surface area (TPSA) is 84.6 Å². The van der Waals surface area contributed by atoms with Gasteiger partial charge in [0, 0.05) is 31.6 Å². The minimum atomic E-state index is 0.0269. The Balaban J connectivity index is 1.64. The van der Waals surface area contributed by atoms with Crippen molar-refractivity contribution < 1.29 is 9.53 Å². The molecule has 1 amide bonds. The number of nitrogens with zero attached hydrogens (tertiary/aromatic N) is 5. The van der Waals surface area contributed by atoms with E-state index in [1.807, 2.05) is 24.3 Å². The number of rotatable bonds is 4. The summed E-state index contributed by atoms with van der Waals surface area (Å²) in [6, 6.07) is 10.1. The lowest BCUT2D eigenvalue weighted by atomic mass is 10.0. The first-order valence-corrected chi connectivity index (χ1v) is 9.01. The number of amides is 1. The lowest BCUT2D eigenvalue weighted by Crippen LogP contribution is -2.44. The monoisotopic (exact) mass is 366 g/mol. The first kappa shape index (κ1) is 17.3. The maximum Gasteiger partial charge on any atom is 0.217 e. The number of carbonyl (C=O) groups is 1. The van der Waals surface area contributed by atoms with Gasteiger partial charge in [0.05, 0.1) is 18.5 Å². The number of hydrogen-bond acceptors (Lipinski definition) is 6. The highest BCUT2D eigenvalue weighted by molar-refractivity contribution is 5.75. The van der Waals surface area contributed by atoms with Crippen molar-refractivity contribution in [1.82, 2.24) is 25.1 Å². The van der Waals surface area contributed by atoms with Crippen LogP contribution in [0.25, 0.3) is 16.9 Å². The number of hydrogen-bond donors (Lipinski definition) is 1. The maximum absolute atomic E-state index is 11.3. The van der Waals surface area contributed by atoms with E-state index >= 15 is 0 Å². The standard InChI is InChI=1S/C19H22N6O2/c1-13(26)21-15-7-9-24(10-8-15)18-11-17(23-25-12-20-22-19(18)25)14-3-5-16(27-2)6-4-14/h3-6,11-12,15H,7-10H2,1-2H3,(H,21,26). The summed E-state index contributed by atoms with van der Waals surface area (Å²) in [5, 5.41) is 15.9. The molecule has 4 rings (SSSR count). The third-order valence-electron chi connectivity index (χ3n) is 4.88. The van der Waals surface area contributed by atoms with Gasteiger partial charge in [0.15, 0.2) is 0 Å². The van der Waals surface area contributed by atoms with Crippen molar-refractivity contribution in [3.05, 3.63) is 36.7 Å². The normalized spacial score (nSPS) is 15.1. The minimum Gasteiger partial charge on any atom is -0.497 e. The van der Waals surface area contributed by atoms with Crippen molar-refractivity contribution in [3.8, 4) is 17.0 Å². The van der Waals surface area contributed by atoms with Crippen LogP contribution in [-0.2, 0) is 4.79 Å². The molecule has 0 spiro atoms. The summed E-state index contributed by atoms with van der Waals surface area (Å²) in [5.74, 6) is 0.836. The van der Waals surface area contributed by atoms with Crippen LogP contribution in [0.5, 0.6) is 5.75 Å².